The van der Waals surface area contributed by atoms with Crippen molar-refractivity contribution in [2.45, 2.75) is 38.4 Å². The van der Waals surface area contributed by atoms with Gasteiger partial charge in [-0.2, -0.15) is 0 Å². The molecule has 1 rings (SSSR count). The molecule has 0 heterocycles. The van der Waals surface area contributed by atoms with Crippen LogP contribution in [0, 0.1) is 0 Å². The van der Waals surface area contributed by atoms with E-state index in [9.17, 15) is 9.90 Å². The Balaban J connectivity index is 2.65. The SMILES string of the molecule is C=CC(=C)CC[C@@H](OC(=O)/C=C/c1ccccc1)C(C)(C)O. The van der Waals surface area contributed by atoms with Crippen molar-refractivity contribution in [1.82, 2.24) is 0 Å². The maximum atomic E-state index is 11.9. The summed E-state index contributed by atoms with van der Waals surface area (Å²) >= 11 is 0. The molecule has 1 aromatic carbocycles. The average molecular weight is 300 g/mol. The predicted molar refractivity (Wildman–Crippen MR) is 90.2 cm³/mol. The Morgan fingerprint density at radius 2 is 2.00 bits per heavy atom. The van der Waals surface area contributed by atoms with E-state index in [1.54, 1.807) is 26.0 Å². The Hall–Kier alpha value is -2.13. The summed E-state index contributed by atoms with van der Waals surface area (Å²) in [5.41, 5.74) is 0.655. The average Bonchev–Trinajstić information content (AvgIpc) is 2.48. The summed E-state index contributed by atoms with van der Waals surface area (Å²) < 4.78 is 5.38. The van der Waals surface area contributed by atoms with Crippen LogP contribution in [0.25, 0.3) is 6.08 Å². The molecule has 1 N–H and O–H groups in total. The summed E-state index contributed by atoms with van der Waals surface area (Å²) in [6, 6.07) is 9.49. The number of rotatable bonds is 8. The van der Waals surface area contributed by atoms with Gasteiger partial charge in [-0.1, -0.05) is 55.1 Å². The van der Waals surface area contributed by atoms with Gasteiger partial charge in [0.25, 0.3) is 0 Å². The van der Waals surface area contributed by atoms with E-state index in [2.05, 4.69) is 13.2 Å². The van der Waals surface area contributed by atoms with Gasteiger partial charge in [-0.05, 0) is 38.3 Å². The molecule has 118 valence electrons. The van der Waals surface area contributed by atoms with Crippen molar-refractivity contribution in [3.63, 3.8) is 0 Å². The van der Waals surface area contributed by atoms with Crippen LogP contribution in [0.15, 0.2) is 61.2 Å². The zero-order chi connectivity index (χ0) is 16.6. The molecular weight excluding hydrogens is 276 g/mol. The van der Waals surface area contributed by atoms with Gasteiger partial charge >= 0.3 is 5.97 Å². The second-order valence-electron chi connectivity index (χ2n) is 5.72. The quantitative estimate of drug-likeness (QED) is 0.450. The summed E-state index contributed by atoms with van der Waals surface area (Å²) in [5, 5.41) is 10.1. The molecule has 1 aromatic rings. The Bertz CT molecular complexity index is 536. The lowest BCUT2D eigenvalue weighted by molar-refractivity contribution is -0.156. The van der Waals surface area contributed by atoms with Crippen LogP contribution in [0.1, 0.15) is 32.3 Å². The van der Waals surface area contributed by atoms with Crippen molar-refractivity contribution in [1.29, 1.82) is 0 Å². The second kappa shape index (κ2) is 8.35. The minimum atomic E-state index is -1.11. The Morgan fingerprint density at radius 1 is 1.36 bits per heavy atom. The molecule has 0 aliphatic rings. The molecular formula is C19H24O3. The van der Waals surface area contributed by atoms with Gasteiger partial charge in [0.15, 0.2) is 0 Å². The number of allylic oxidation sites excluding steroid dienone is 2. The van der Waals surface area contributed by atoms with Crippen LogP contribution in [0.2, 0.25) is 0 Å². The molecule has 0 radical (unpaired) electrons. The van der Waals surface area contributed by atoms with Crippen molar-refractivity contribution >= 4 is 12.0 Å². The fraction of sp³-hybridized carbons (Fsp3) is 0.316. The topological polar surface area (TPSA) is 46.5 Å². The number of ether oxygens (including phenoxy) is 1. The number of benzene rings is 1. The summed E-state index contributed by atoms with van der Waals surface area (Å²) in [4.78, 5) is 11.9. The van der Waals surface area contributed by atoms with E-state index >= 15 is 0 Å². The van der Waals surface area contributed by atoms with Crippen molar-refractivity contribution in [2.75, 3.05) is 0 Å². The van der Waals surface area contributed by atoms with Gasteiger partial charge in [0.05, 0.1) is 5.60 Å². The molecule has 0 aromatic heterocycles. The maximum absolute atomic E-state index is 11.9. The van der Waals surface area contributed by atoms with Crippen LogP contribution in [-0.2, 0) is 9.53 Å². The third-order valence-electron chi connectivity index (χ3n) is 3.27. The van der Waals surface area contributed by atoms with Crippen LogP contribution in [0.3, 0.4) is 0 Å². The normalized spacial score (nSPS) is 12.9. The molecule has 0 aliphatic heterocycles. The van der Waals surface area contributed by atoms with Crippen LogP contribution in [0.5, 0.6) is 0 Å². The van der Waals surface area contributed by atoms with Crippen LogP contribution in [0.4, 0.5) is 0 Å². The van der Waals surface area contributed by atoms with E-state index < -0.39 is 17.7 Å². The van der Waals surface area contributed by atoms with E-state index in [1.165, 1.54) is 6.08 Å². The molecule has 3 nitrogen and oxygen atoms in total. The van der Waals surface area contributed by atoms with E-state index in [1.807, 2.05) is 30.3 Å². The fourth-order valence-corrected chi connectivity index (χ4v) is 1.88. The first-order valence-corrected chi connectivity index (χ1v) is 7.29. The largest absolute Gasteiger partial charge is 0.456 e. The van der Waals surface area contributed by atoms with Crippen molar-refractivity contribution in [2.24, 2.45) is 0 Å². The molecule has 22 heavy (non-hydrogen) atoms. The van der Waals surface area contributed by atoms with Gasteiger partial charge < -0.3 is 9.84 Å². The van der Waals surface area contributed by atoms with Gasteiger partial charge in [-0.25, -0.2) is 4.79 Å². The minimum absolute atomic E-state index is 0.472. The Morgan fingerprint density at radius 3 is 2.55 bits per heavy atom. The number of aliphatic hydroxyl groups is 1. The molecule has 0 saturated heterocycles. The van der Waals surface area contributed by atoms with E-state index in [0.717, 1.165) is 11.1 Å². The van der Waals surface area contributed by atoms with Gasteiger partial charge in [0.2, 0.25) is 0 Å². The highest BCUT2D eigenvalue weighted by Gasteiger charge is 2.29. The summed E-state index contributed by atoms with van der Waals surface area (Å²) in [6.45, 7) is 10.7. The van der Waals surface area contributed by atoms with Crippen LogP contribution in [-0.4, -0.2) is 22.8 Å². The number of hydrogen-bond donors (Lipinski definition) is 1. The van der Waals surface area contributed by atoms with Crippen LogP contribution >= 0.6 is 0 Å². The van der Waals surface area contributed by atoms with Gasteiger partial charge in [0, 0.05) is 6.08 Å². The highest BCUT2D eigenvalue weighted by molar-refractivity contribution is 5.87. The van der Waals surface area contributed by atoms with Crippen molar-refractivity contribution < 1.29 is 14.6 Å². The number of esters is 1. The number of carbonyl (C=O) groups is 1. The third-order valence-corrected chi connectivity index (χ3v) is 3.27. The summed E-state index contributed by atoms with van der Waals surface area (Å²) in [7, 11) is 0. The smallest absolute Gasteiger partial charge is 0.331 e. The van der Waals surface area contributed by atoms with Gasteiger partial charge in [-0.3, -0.25) is 0 Å². The Kier molecular flexibility index (Phi) is 6.80. The molecule has 1 atom stereocenters. The van der Waals surface area contributed by atoms with Crippen LogP contribution < -0.4 is 0 Å². The first-order chi connectivity index (χ1) is 10.3. The zero-order valence-corrected chi connectivity index (χ0v) is 13.3. The standard InChI is InChI=1S/C19H24O3/c1-5-15(2)11-13-17(19(3,4)21)22-18(20)14-12-16-9-7-6-8-10-16/h5-10,12,14,17,21H,1-2,11,13H2,3-4H3/b14-12+/t17-/m1/s1. The number of hydrogen-bond acceptors (Lipinski definition) is 3. The fourth-order valence-electron chi connectivity index (χ4n) is 1.88. The monoisotopic (exact) mass is 300 g/mol. The molecule has 0 unspecified atom stereocenters. The second-order valence-corrected chi connectivity index (χ2v) is 5.72. The van der Waals surface area contributed by atoms with Crippen molar-refractivity contribution in [3.8, 4) is 0 Å². The molecule has 3 heteroatoms. The van der Waals surface area contributed by atoms with Gasteiger partial charge in [0.1, 0.15) is 6.10 Å². The van der Waals surface area contributed by atoms with Gasteiger partial charge in [-0.15, -0.1) is 0 Å². The summed E-state index contributed by atoms with van der Waals surface area (Å²) in [5.74, 6) is -0.472. The number of carbonyl (C=O) groups excluding carboxylic acids is 1. The molecule has 0 aliphatic carbocycles. The lowest BCUT2D eigenvalue weighted by Crippen LogP contribution is -2.39. The highest BCUT2D eigenvalue weighted by atomic mass is 16.6. The van der Waals surface area contributed by atoms with E-state index in [-0.39, 0.29) is 0 Å². The first kappa shape index (κ1) is 17.9. The predicted octanol–water partition coefficient (Wildman–Crippen LogP) is 3.90. The molecule has 0 saturated carbocycles. The maximum Gasteiger partial charge on any atom is 0.331 e. The van der Waals surface area contributed by atoms with E-state index in [4.69, 9.17) is 4.74 Å². The molecule has 0 fully saturated rings. The summed E-state index contributed by atoms with van der Waals surface area (Å²) in [6.07, 6.45) is 5.24. The van der Waals surface area contributed by atoms with Crippen molar-refractivity contribution in [3.05, 3.63) is 66.8 Å². The molecule has 0 bridgehead atoms. The minimum Gasteiger partial charge on any atom is -0.456 e. The van der Waals surface area contributed by atoms with E-state index in [0.29, 0.717) is 12.8 Å². The lowest BCUT2D eigenvalue weighted by atomic mass is 9.95. The molecule has 0 amide bonds. The zero-order valence-electron chi connectivity index (χ0n) is 13.3. The first-order valence-electron chi connectivity index (χ1n) is 7.29. The highest BCUT2D eigenvalue weighted by Crippen LogP contribution is 2.20. The lowest BCUT2D eigenvalue weighted by Gasteiger charge is -2.28. The molecule has 0 spiro atoms. The third kappa shape index (κ3) is 6.55. The Labute approximate surface area is 132 Å².